The smallest absolute Gasteiger partial charge is 0.125 e. The van der Waals surface area contributed by atoms with Crippen LogP contribution in [0.15, 0.2) is 18.2 Å². The summed E-state index contributed by atoms with van der Waals surface area (Å²) in [6.45, 7) is 0. The molecule has 1 fully saturated rings. The van der Waals surface area contributed by atoms with Gasteiger partial charge in [-0.1, -0.05) is 0 Å². The van der Waals surface area contributed by atoms with E-state index in [4.69, 9.17) is 10.5 Å². The van der Waals surface area contributed by atoms with Crippen LogP contribution in [-0.2, 0) is 0 Å². The molecule has 3 rings (SSSR count). The molecule has 0 saturated heterocycles. The molecule has 1 saturated carbocycles. The molecule has 16 heavy (non-hydrogen) atoms. The molecule has 1 aliphatic heterocycles. The van der Waals surface area contributed by atoms with Crippen molar-refractivity contribution in [3.05, 3.63) is 29.6 Å². The van der Waals surface area contributed by atoms with Crippen molar-refractivity contribution in [2.45, 2.75) is 43.7 Å². The largest absolute Gasteiger partial charge is 0.487 e. The zero-order valence-corrected chi connectivity index (χ0v) is 9.21. The Bertz CT molecular complexity index is 412. The van der Waals surface area contributed by atoms with Crippen molar-refractivity contribution in [2.24, 2.45) is 5.73 Å². The van der Waals surface area contributed by atoms with E-state index in [0.29, 0.717) is 0 Å². The number of ether oxygens (including phenoxy) is 1. The third-order valence-corrected chi connectivity index (χ3v) is 3.80. The molecule has 0 radical (unpaired) electrons. The minimum absolute atomic E-state index is 0.0652. The summed E-state index contributed by atoms with van der Waals surface area (Å²) in [5, 5.41) is 0. The van der Waals surface area contributed by atoms with E-state index >= 15 is 0 Å². The molecule has 0 aromatic heterocycles. The number of hydrogen-bond donors (Lipinski definition) is 1. The maximum absolute atomic E-state index is 13.1. The van der Waals surface area contributed by atoms with Gasteiger partial charge >= 0.3 is 0 Å². The third kappa shape index (κ3) is 1.50. The van der Waals surface area contributed by atoms with Crippen LogP contribution in [0.4, 0.5) is 4.39 Å². The fourth-order valence-electron chi connectivity index (χ4n) is 3.01. The number of rotatable bonds is 0. The van der Waals surface area contributed by atoms with E-state index in [-0.39, 0.29) is 17.5 Å². The fourth-order valence-corrected chi connectivity index (χ4v) is 3.01. The summed E-state index contributed by atoms with van der Waals surface area (Å²) in [4.78, 5) is 0. The number of benzene rings is 1. The molecule has 1 aliphatic carbocycles. The Balaban J connectivity index is 1.99. The predicted octanol–water partition coefficient (Wildman–Crippen LogP) is 2.92. The normalized spacial score (nSPS) is 26.5. The predicted molar refractivity (Wildman–Crippen MR) is 59.8 cm³/mol. The lowest BCUT2D eigenvalue weighted by Crippen LogP contribution is -2.40. The number of nitrogens with two attached hydrogens (primary N) is 1. The molecule has 0 bridgehead atoms. The second-order valence-corrected chi connectivity index (χ2v) is 4.98. The molecule has 3 heteroatoms. The highest BCUT2D eigenvalue weighted by atomic mass is 19.1. The summed E-state index contributed by atoms with van der Waals surface area (Å²) in [6.07, 6.45) is 5.41. The highest BCUT2D eigenvalue weighted by Gasteiger charge is 2.41. The molecule has 86 valence electrons. The Kier molecular flexibility index (Phi) is 2.18. The fraction of sp³-hybridized carbons (Fsp3) is 0.538. The second-order valence-electron chi connectivity index (χ2n) is 4.98. The van der Waals surface area contributed by atoms with E-state index < -0.39 is 0 Å². The van der Waals surface area contributed by atoms with Crippen LogP contribution in [-0.4, -0.2) is 5.60 Å². The monoisotopic (exact) mass is 221 g/mol. The first-order chi connectivity index (χ1) is 7.69. The topological polar surface area (TPSA) is 35.2 Å². The Morgan fingerprint density at radius 1 is 1.31 bits per heavy atom. The maximum Gasteiger partial charge on any atom is 0.125 e. The number of halogens is 1. The number of fused-ring (bicyclic) bond motifs is 1. The van der Waals surface area contributed by atoms with Gasteiger partial charge in [-0.15, -0.1) is 0 Å². The quantitative estimate of drug-likeness (QED) is 0.731. The summed E-state index contributed by atoms with van der Waals surface area (Å²) < 4.78 is 19.2. The first-order valence-electron chi connectivity index (χ1n) is 5.93. The first-order valence-corrected chi connectivity index (χ1v) is 5.93. The molecule has 1 atom stereocenters. The van der Waals surface area contributed by atoms with Crippen molar-refractivity contribution in [1.29, 1.82) is 0 Å². The molecule has 2 N–H and O–H groups in total. The van der Waals surface area contributed by atoms with Crippen LogP contribution >= 0.6 is 0 Å². The van der Waals surface area contributed by atoms with E-state index in [2.05, 4.69) is 0 Å². The van der Waals surface area contributed by atoms with Crippen LogP contribution in [0.3, 0.4) is 0 Å². The van der Waals surface area contributed by atoms with Gasteiger partial charge in [0.25, 0.3) is 0 Å². The summed E-state index contributed by atoms with van der Waals surface area (Å²) >= 11 is 0. The molecule has 1 unspecified atom stereocenters. The van der Waals surface area contributed by atoms with Gasteiger partial charge in [-0.3, -0.25) is 0 Å². The van der Waals surface area contributed by atoms with Crippen molar-refractivity contribution in [1.82, 2.24) is 0 Å². The second kappa shape index (κ2) is 3.45. The summed E-state index contributed by atoms with van der Waals surface area (Å²) in [5.74, 6) is 0.544. The summed E-state index contributed by atoms with van der Waals surface area (Å²) in [7, 11) is 0. The maximum atomic E-state index is 13.1. The van der Waals surface area contributed by atoms with Crippen molar-refractivity contribution in [3.8, 4) is 5.75 Å². The van der Waals surface area contributed by atoms with E-state index in [1.165, 1.54) is 25.0 Å². The Morgan fingerprint density at radius 2 is 2.06 bits per heavy atom. The van der Waals surface area contributed by atoms with Gasteiger partial charge < -0.3 is 10.5 Å². The van der Waals surface area contributed by atoms with Gasteiger partial charge in [0.1, 0.15) is 17.2 Å². The van der Waals surface area contributed by atoms with Gasteiger partial charge in [-0.25, -0.2) is 4.39 Å². The van der Waals surface area contributed by atoms with Crippen molar-refractivity contribution < 1.29 is 9.13 Å². The van der Waals surface area contributed by atoms with E-state index in [0.717, 1.165) is 30.6 Å². The Labute approximate surface area is 94.6 Å². The number of hydrogen-bond acceptors (Lipinski definition) is 2. The van der Waals surface area contributed by atoms with Gasteiger partial charge in [-0.2, -0.15) is 0 Å². The molecule has 1 spiro atoms. The summed E-state index contributed by atoms with van der Waals surface area (Å²) in [5.41, 5.74) is 6.87. The lowest BCUT2D eigenvalue weighted by atomic mass is 9.86. The van der Waals surface area contributed by atoms with Crippen LogP contribution in [0, 0.1) is 5.82 Å². The molecule has 0 amide bonds. The van der Waals surface area contributed by atoms with Crippen molar-refractivity contribution in [3.63, 3.8) is 0 Å². The molecule has 1 aromatic carbocycles. The molecule has 2 nitrogen and oxygen atoms in total. The highest BCUT2D eigenvalue weighted by molar-refractivity contribution is 5.39. The SMILES string of the molecule is NC1CC2(CCCC2)Oc2ccc(F)cc21. The van der Waals surface area contributed by atoms with Gasteiger partial charge in [-0.05, 0) is 43.9 Å². The zero-order chi connectivity index (χ0) is 11.2. The average Bonchev–Trinajstić information content (AvgIpc) is 2.68. The van der Waals surface area contributed by atoms with Gasteiger partial charge in [0.15, 0.2) is 0 Å². The molecular weight excluding hydrogens is 205 g/mol. The molecule has 1 heterocycles. The zero-order valence-electron chi connectivity index (χ0n) is 9.21. The van der Waals surface area contributed by atoms with Crippen LogP contribution in [0.5, 0.6) is 5.75 Å². The summed E-state index contributed by atoms with van der Waals surface area (Å²) in [6, 6.07) is 4.57. The van der Waals surface area contributed by atoms with E-state index in [9.17, 15) is 4.39 Å². The lowest BCUT2D eigenvalue weighted by Gasteiger charge is -2.38. The Morgan fingerprint density at radius 3 is 2.81 bits per heavy atom. The molecule has 2 aliphatic rings. The van der Waals surface area contributed by atoms with E-state index in [1.54, 1.807) is 6.07 Å². The third-order valence-electron chi connectivity index (χ3n) is 3.80. The lowest BCUT2D eigenvalue weighted by molar-refractivity contribution is 0.0424. The van der Waals surface area contributed by atoms with Crippen LogP contribution in [0.1, 0.15) is 43.7 Å². The van der Waals surface area contributed by atoms with Crippen molar-refractivity contribution in [2.75, 3.05) is 0 Å². The Hall–Kier alpha value is -1.09. The van der Waals surface area contributed by atoms with Gasteiger partial charge in [0.05, 0.1) is 0 Å². The van der Waals surface area contributed by atoms with Crippen molar-refractivity contribution >= 4 is 0 Å². The first kappa shape index (κ1) is 10.1. The highest BCUT2D eigenvalue weighted by Crippen LogP contribution is 2.46. The van der Waals surface area contributed by atoms with Gasteiger partial charge in [0, 0.05) is 18.0 Å². The molecular formula is C13H16FNO. The van der Waals surface area contributed by atoms with Crippen LogP contribution in [0.2, 0.25) is 0 Å². The minimum Gasteiger partial charge on any atom is -0.487 e. The minimum atomic E-state index is -0.236. The standard InChI is InChI=1S/C13H16FNO/c14-9-3-4-12-10(7-9)11(15)8-13(16-12)5-1-2-6-13/h3-4,7,11H,1-2,5-6,8,15H2. The van der Waals surface area contributed by atoms with Crippen LogP contribution in [0.25, 0.3) is 0 Å². The molecule has 1 aromatic rings. The van der Waals surface area contributed by atoms with Crippen LogP contribution < -0.4 is 10.5 Å². The van der Waals surface area contributed by atoms with E-state index in [1.807, 2.05) is 0 Å². The van der Waals surface area contributed by atoms with Gasteiger partial charge in [0.2, 0.25) is 0 Å². The average molecular weight is 221 g/mol.